The van der Waals surface area contributed by atoms with Crippen molar-refractivity contribution in [2.75, 3.05) is 12.3 Å². The number of hydrogen-bond acceptors (Lipinski definition) is 3. The molecular formula is C14H28N2O2S. The molecule has 1 saturated heterocycles. The molecule has 5 heteroatoms. The Morgan fingerprint density at radius 2 is 1.63 bits per heavy atom. The largest absolute Gasteiger partial charge is 0.314 e. The molecule has 1 heterocycles. The maximum Gasteiger partial charge on any atom is 0.211 e. The van der Waals surface area contributed by atoms with Crippen LogP contribution in [0.25, 0.3) is 0 Å². The molecule has 1 unspecified atom stereocenters. The zero-order valence-corrected chi connectivity index (χ0v) is 12.7. The monoisotopic (exact) mass is 288 g/mol. The molecule has 1 aliphatic carbocycles. The van der Waals surface area contributed by atoms with E-state index in [1.54, 1.807) is 0 Å². The number of nitrogens with one attached hydrogen (secondary N) is 2. The molecule has 19 heavy (non-hydrogen) atoms. The molecule has 2 N–H and O–H groups in total. The van der Waals surface area contributed by atoms with E-state index in [0.29, 0.717) is 6.04 Å². The van der Waals surface area contributed by atoms with E-state index in [0.717, 1.165) is 45.1 Å². The van der Waals surface area contributed by atoms with E-state index < -0.39 is 10.0 Å². The number of piperidine rings is 1. The van der Waals surface area contributed by atoms with Crippen molar-refractivity contribution < 1.29 is 8.42 Å². The van der Waals surface area contributed by atoms with Crippen LogP contribution in [0.2, 0.25) is 0 Å². The van der Waals surface area contributed by atoms with Gasteiger partial charge in [0, 0.05) is 12.1 Å². The van der Waals surface area contributed by atoms with Crippen LogP contribution >= 0.6 is 0 Å². The van der Waals surface area contributed by atoms with Gasteiger partial charge in [-0.15, -0.1) is 0 Å². The summed E-state index contributed by atoms with van der Waals surface area (Å²) in [6.07, 6.45) is 11.2. The Hall–Kier alpha value is -0.130. The van der Waals surface area contributed by atoms with Gasteiger partial charge in [0.05, 0.1) is 5.75 Å². The molecule has 4 nitrogen and oxygen atoms in total. The van der Waals surface area contributed by atoms with Crippen LogP contribution in [0.5, 0.6) is 0 Å². The minimum atomic E-state index is -3.09. The van der Waals surface area contributed by atoms with Gasteiger partial charge in [-0.25, -0.2) is 13.1 Å². The van der Waals surface area contributed by atoms with Crippen molar-refractivity contribution in [1.82, 2.24) is 10.0 Å². The normalized spacial score (nSPS) is 27.1. The average Bonchev–Trinajstić information content (AvgIpc) is 2.66. The third-order valence-corrected chi connectivity index (χ3v) is 5.81. The molecule has 0 spiro atoms. The number of rotatable bonds is 5. The first-order valence-electron chi connectivity index (χ1n) is 7.89. The average molecular weight is 288 g/mol. The van der Waals surface area contributed by atoms with Gasteiger partial charge in [-0.1, -0.05) is 32.1 Å². The molecule has 1 atom stereocenters. The fourth-order valence-electron chi connectivity index (χ4n) is 3.18. The van der Waals surface area contributed by atoms with Gasteiger partial charge >= 0.3 is 0 Å². The van der Waals surface area contributed by atoms with Crippen LogP contribution in [-0.2, 0) is 10.0 Å². The summed E-state index contributed by atoms with van der Waals surface area (Å²) in [5, 5.41) is 3.41. The summed E-state index contributed by atoms with van der Waals surface area (Å²) in [4.78, 5) is 0. The lowest BCUT2D eigenvalue weighted by Gasteiger charge is -2.24. The summed E-state index contributed by atoms with van der Waals surface area (Å²) in [5.41, 5.74) is 0. The molecular weight excluding hydrogens is 260 g/mol. The van der Waals surface area contributed by atoms with Gasteiger partial charge < -0.3 is 5.32 Å². The minimum absolute atomic E-state index is 0.187. The van der Waals surface area contributed by atoms with Gasteiger partial charge in [-0.3, -0.25) is 0 Å². The van der Waals surface area contributed by atoms with E-state index in [2.05, 4.69) is 10.0 Å². The van der Waals surface area contributed by atoms with Crippen molar-refractivity contribution in [2.24, 2.45) is 0 Å². The van der Waals surface area contributed by atoms with E-state index in [9.17, 15) is 8.42 Å². The van der Waals surface area contributed by atoms with Crippen molar-refractivity contribution in [3.05, 3.63) is 0 Å². The van der Waals surface area contributed by atoms with Gasteiger partial charge in [0.1, 0.15) is 0 Å². The van der Waals surface area contributed by atoms with Crippen molar-refractivity contribution in [3.63, 3.8) is 0 Å². The molecule has 112 valence electrons. The Morgan fingerprint density at radius 3 is 2.26 bits per heavy atom. The fraction of sp³-hybridized carbons (Fsp3) is 1.00. The highest BCUT2D eigenvalue weighted by Gasteiger charge is 2.21. The predicted molar refractivity (Wildman–Crippen MR) is 78.7 cm³/mol. The molecule has 2 rings (SSSR count). The fourth-order valence-corrected chi connectivity index (χ4v) is 4.63. The lowest BCUT2D eigenvalue weighted by atomic mass is 10.0. The van der Waals surface area contributed by atoms with Crippen LogP contribution in [0.4, 0.5) is 0 Å². The molecule has 0 radical (unpaired) electrons. The van der Waals surface area contributed by atoms with E-state index in [1.165, 1.54) is 25.7 Å². The third-order valence-electron chi connectivity index (χ3n) is 4.35. The van der Waals surface area contributed by atoms with E-state index in [1.807, 2.05) is 0 Å². The summed E-state index contributed by atoms with van der Waals surface area (Å²) < 4.78 is 27.1. The van der Waals surface area contributed by atoms with Crippen LogP contribution in [0, 0.1) is 0 Å². The Bertz CT molecular complexity index is 342. The van der Waals surface area contributed by atoms with Crippen molar-refractivity contribution in [3.8, 4) is 0 Å². The molecule has 1 aliphatic heterocycles. The molecule has 0 aromatic heterocycles. The van der Waals surface area contributed by atoms with Gasteiger partial charge in [-0.2, -0.15) is 0 Å². The van der Waals surface area contributed by atoms with Crippen LogP contribution in [-0.4, -0.2) is 32.8 Å². The van der Waals surface area contributed by atoms with Crippen molar-refractivity contribution >= 4 is 10.0 Å². The first kappa shape index (κ1) is 15.3. The second-order valence-corrected chi connectivity index (χ2v) is 7.93. The maximum atomic E-state index is 12.1. The highest BCUT2D eigenvalue weighted by molar-refractivity contribution is 7.89. The molecule has 1 saturated carbocycles. The number of sulfonamides is 1. The van der Waals surface area contributed by atoms with Gasteiger partial charge in [-0.05, 0) is 38.6 Å². The highest BCUT2D eigenvalue weighted by atomic mass is 32.2. The summed E-state index contributed by atoms with van der Waals surface area (Å²) in [7, 11) is -3.09. The molecule has 0 aromatic carbocycles. The SMILES string of the molecule is O=S(=O)(CCC1CCCCN1)NC1CCCCCC1. The lowest BCUT2D eigenvalue weighted by molar-refractivity contribution is 0.391. The van der Waals surface area contributed by atoms with Gasteiger partial charge in [0.2, 0.25) is 10.0 Å². The quantitative estimate of drug-likeness (QED) is 0.762. The second kappa shape index (κ2) is 7.60. The Balaban J connectivity index is 1.73. The van der Waals surface area contributed by atoms with Crippen LogP contribution in [0.3, 0.4) is 0 Å². The molecule has 2 fully saturated rings. The maximum absolute atomic E-state index is 12.1. The summed E-state index contributed by atoms with van der Waals surface area (Å²) in [6, 6.07) is 0.589. The number of hydrogen-bond donors (Lipinski definition) is 2. The molecule has 0 amide bonds. The zero-order chi connectivity index (χ0) is 13.6. The highest BCUT2D eigenvalue weighted by Crippen LogP contribution is 2.18. The Kier molecular flexibility index (Phi) is 6.10. The minimum Gasteiger partial charge on any atom is -0.314 e. The predicted octanol–water partition coefficient (Wildman–Crippen LogP) is 2.16. The van der Waals surface area contributed by atoms with Crippen LogP contribution in [0.1, 0.15) is 64.2 Å². The van der Waals surface area contributed by atoms with Gasteiger partial charge in [0.15, 0.2) is 0 Å². The lowest BCUT2D eigenvalue weighted by Crippen LogP contribution is -2.40. The van der Waals surface area contributed by atoms with Crippen molar-refractivity contribution in [1.29, 1.82) is 0 Å². The topological polar surface area (TPSA) is 58.2 Å². The smallest absolute Gasteiger partial charge is 0.211 e. The standard InChI is InChI=1S/C14H28N2O2S/c17-19(18,12-10-13-7-5-6-11-15-13)16-14-8-3-1-2-4-9-14/h13-16H,1-12H2. The Morgan fingerprint density at radius 1 is 0.947 bits per heavy atom. The molecule has 0 aromatic rings. The van der Waals surface area contributed by atoms with E-state index in [4.69, 9.17) is 0 Å². The third kappa shape index (κ3) is 5.79. The summed E-state index contributed by atoms with van der Waals surface area (Å²) in [5.74, 6) is 0.279. The van der Waals surface area contributed by atoms with Crippen molar-refractivity contribution in [2.45, 2.75) is 76.3 Å². The summed E-state index contributed by atoms with van der Waals surface area (Å²) in [6.45, 7) is 1.04. The Labute approximate surface area is 117 Å². The first-order valence-corrected chi connectivity index (χ1v) is 9.54. The molecule has 0 bridgehead atoms. The molecule has 2 aliphatic rings. The first-order chi connectivity index (χ1) is 9.16. The van der Waals surface area contributed by atoms with E-state index in [-0.39, 0.29) is 11.8 Å². The second-order valence-electron chi connectivity index (χ2n) is 6.06. The zero-order valence-electron chi connectivity index (χ0n) is 11.9. The summed E-state index contributed by atoms with van der Waals surface area (Å²) >= 11 is 0. The van der Waals surface area contributed by atoms with Crippen LogP contribution < -0.4 is 10.0 Å². The van der Waals surface area contributed by atoms with Gasteiger partial charge in [0.25, 0.3) is 0 Å². The van der Waals surface area contributed by atoms with Crippen LogP contribution in [0.15, 0.2) is 0 Å². The van der Waals surface area contributed by atoms with E-state index >= 15 is 0 Å².